The van der Waals surface area contributed by atoms with Crippen LogP contribution in [0.4, 0.5) is 5.69 Å². The Balaban J connectivity index is 2.33. The molecule has 1 fully saturated rings. The maximum absolute atomic E-state index is 12.7. The lowest BCUT2D eigenvalue weighted by atomic mass is 9.78. The first-order chi connectivity index (χ1) is 12.4. The summed E-state index contributed by atoms with van der Waals surface area (Å²) in [5.74, 6) is -4.29. The average Bonchev–Trinajstić information content (AvgIpc) is 2.66. The number of carboxylic acid groups (broad SMARTS) is 1. The molecule has 8 nitrogen and oxygen atoms in total. The van der Waals surface area contributed by atoms with E-state index in [9.17, 15) is 24.3 Å². The second-order valence-electron chi connectivity index (χ2n) is 6.07. The third kappa shape index (κ3) is 4.19. The van der Waals surface area contributed by atoms with Crippen LogP contribution in [-0.2, 0) is 19.1 Å². The van der Waals surface area contributed by atoms with E-state index in [-0.39, 0.29) is 16.8 Å². The summed E-state index contributed by atoms with van der Waals surface area (Å²) < 4.78 is 9.33. The van der Waals surface area contributed by atoms with E-state index in [1.807, 2.05) is 0 Å². The highest BCUT2D eigenvalue weighted by Gasteiger charge is 2.36. The summed E-state index contributed by atoms with van der Waals surface area (Å²) in [6.45, 7) is 0. The van der Waals surface area contributed by atoms with Crippen molar-refractivity contribution in [3.05, 3.63) is 29.3 Å². The van der Waals surface area contributed by atoms with Gasteiger partial charge in [0.05, 0.1) is 42.9 Å². The molecule has 140 valence electrons. The lowest BCUT2D eigenvalue weighted by molar-refractivity contribution is -0.147. The Bertz CT molecular complexity index is 728. The number of aliphatic carboxylic acids is 1. The Morgan fingerprint density at radius 2 is 1.62 bits per heavy atom. The summed E-state index contributed by atoms with van der Waals surface area (Å²) in [5.41, 5.74) is 0.296. The maximum Gasteiger partial charge on any atom is 0.339 e. The SMILES string of the molecule is COC(=O)c1ccc(C(=O)OC)c(NC(=O)[C@H]2CCCC[C@@H]2C(=O)O)c1. The number of carbonyl (C=O) groups is 4. The number of amides is 1. The number of esters is 2. The Hall–Kier alpha value is -2.90. The number of ether oxygens (including phenoxy) is 2. The molecule has 26 heavy (non-hydrogen) atoms. The topological polar surface area (TPSA) is 119 Å². The van der Waals surface area contributed by atoms with Gasteiger partial charge >= 0.3 is 17.9 Å². The molecule has 0 saturated heterocycles. The van der Waals surface area contributed by atoms with Gasteiger partial charge in [-0.2, -0.15) is 0 Å². The quantitative estimate of drug-likeness (QED) is 0.769. The normalized spacial score (nSPS) is 19.3. The van der Waals surface area contributed by atoms with Crippen LogP contribution in [0.5, 0.6) is 0 Å². The van der Waals surface area contributed by atoms with Crippen LogP contribution in [0.1, 0.15) is 46.4 Å². The zero-order valence-corrected chi connectivity index (χ0v) is 14.6. The molecular weight excluding hydrogens is 342 g/mol. The van der Waals surface area contributed by atoms with Crippen molar-refractivity contribution in [1.29, 1.82) is 0 Å². The van der Waals surface area contributed by atoms with Gasteiger partial charge < -0.3 is 19.9 Å². The Labute approximate surface area is 150 Å². The summed E-state index contributed by atoms with van der Waals surface area (Å²) in [6.07, 6.45) is 2.40. The second kappa shape index (κ2) is 8.46. The third-order valence-corrected chi connectivity index (χ3v) is 4.52. The van der Waals surface area contributed by atoms with Crippen LogP contribution in [0, 0.1) is 11.8 Å². The first-order valence-electron chi connectivity index (χ1n) is 8.23. The number of hydrogen-bond donors (Lipinski definition) is 2. The highest BCUT2D eigenvalue weighted by atomic mass is 16.5. The van der Waals surface area contributed by atoms with E-state index < -0.39 is 35.7 Å². The molecule has 2 N–H and O–H groups in total. The number of methoxy groups -OCH3 is 2. The Morgan fingerprint density at radius 3 is 2.19 bits per heavy atom. The van der Waals surface area contributed by atoms with Gasteiger partial charge in [0.15, 0.2) is 0 Å². The first kappa shape index (κ1) is 19.4. The minimum Gasteiger partial charge on any atom is -0.481 e. The number of carbonyl (C=O) groups excluding carboxylic acids is 3. The molecule has 1 aliphatic rings. The number of rotatable bonds is 5. The summed E-state index contributed by atoms with van der Waals surface area (Å²) in [6, 6.07) is 4.05. The van der Waals surface area contributed by atoms with E-state index in [2.05, 4.69) is 14.8 Å². The summed E-state index contributed by atoms with van der Waals surface area (Å²) >= 11 is 0. The standard InChI is InChI=1S/C18H21NO7/c1-25-17(23)10-7-8-13(18(24)26-2)14(9-10)19-15(20)11-5-3-4-6-12(11)16(21)22/h7-9,11-12H,3-6H2,1-2H3,(H,19,20)(H,21,22)/t11-,12-/m0/s1. The predicted molar refractivity (Wildman–Crippen MR) is 90.8 cm³/mol. The van der Waals surface area contributed by atoms with Crippen molar-refractivity contribution in [2.75, 3.05) is 19.5 Å². The lowest BCUT2D eigenvalue weighted by Crippen LogP contribution is -2.36. The monoisotopic (exact) mass is 363 g/mol. The fraction of sp³-hybridized carbons (Fsp3) is 0.444. The Kier molecular flexibility index (Phi) is 6.32. The van der Waals surface area contributed by atoms with E-state index in [4.69, 9.17) is 0 Å². The van der Waals surface area contributed by atoms with E-state index in [0.29, 0.717) is 12.8 Å². The molecule has 0 spiro atoms. The van der Waals surface area contributed by atoms with Crippen molar-refractivity contribution < 1.29 is 33.8 Å². The van der Waals surface area contributed by atoms with Crippen LogP contribution in [0.15, 0.2) is 18.2 Å². The van der Waals surface area contributed by atoms with Crippen molar-refractivity contribution in [1.82, 2.24) is 0 Å². The molecule has 0 aliphatic heterocycles. The minimum absolute atomic E-state index is 0.0659. The van der Waals surface area contributed by atoms with Gasteiger partial charge in [0.1, 0.15) is 0 Å². The number of hydrogen-bond acceptors (Lipinski definition) is 6. The van der Waals surface area contributed by atoms with Crippen molar-refractivity contribution in [2.24, 2.45) is 11.8 Å². The summed E-state index contributed by atoms with van der Waals surface area (Å²) in [5, 5.41) is 11.9. The molecule has 1 amide bonds. The Morgan fingerprint density at radius 1 is 1.00 bits per heavy atom. The molecule has 0 aromatic heterocycles. The zero-order valence-electron chi connectivity index (χ0n) is 14.6. The van der Waals surface area contributed by atoms with Crippen molar-refractivity contribution in [3.63, 3.8) is 0 Å². The van der Waals surface area contributed by atoms with Crippen LogP contribution < -0.4 is 5.32 Å². The predicted octanol–water partition coefficient (Wildman–Crippen LogP) is 2.09. The van der Waals surface area contributed by atoms with Gasteiger partial charge in [-0.1, -0.05) is 12.8 Å². The highest BCUT2D eigenvalue weighted by molar-refractivity contribution is 6.04. The van der Waals surface area contributed by atoms with Crippen LogP contribution in [0.3, 0.4) is 0 Å². The molecule has 0 unspecified atom stereocenters. The molecule has 1 saturated carbocycles. The molecule has 1 aromatic carbocycles. The molecule has 0 radical (unpaired) electrons. The molecule has 2 atom stereocenters. The fourth-order valence-electron chi connectivity index (χ4n) is 3.15. The number of benzene rings is 1. The molecule has 2 rings (SSSR count). The largest absolute Gasteiger partial charge is 0.481 e. The molecule has 0 bridgehead atoms. The summed E-state index contributed by atoms with van der Waals surface area (Å²) in [7, 11) is 2.41. The van der Waals surface area contributed by atoms with Crippen molar-refractivity contribution >= 4 is 29.5 Å². The molecule has 1 aromatic rings. The number of carboxylic acids is 1. The van der Waals surface area contributed by atoms with Gasteiger partial charge in [-0.05, 0) is 31.0 Å². The van der Waals surface area contributed by atoms with E-state index in [0.717, 1.165) is 12.8 Å². The van der Waals surface area contributed by atoms with Gasteiger partial charge in [0, 0.05) is 0 Å². The van der Waals surface area contributed by atoms with Gasteiger partial charge in [0.25, 0.3) is 0 Å². The van der Waals surface area contributed by atoms with Crippen LogP contribution in [0.2, 0.25) is 0 Å². The van der Waals surface area contributed by atoms with Gasteiger partial charge in [-0.25, -0.2) is 9.59 Å². The molecule has 8 heteroatoms. The van der Waals surface area contributed by atoms with Crippen LogP contribution in [-0.4, -0.2) is 43.1 Å². The number of nitrogens with one attached hydrogen (secondary N) is 1. The van der Waals surface area contributed by atoms with E-state index >= 15 is 0 Å². The van der Waals surface area contributed by atoms with Crippen LogP contribution in [0.25, 0.3) is 0 Å². The van der Waals surface area contributed by atoms with E-state index in [1.165, 1.54) is 32.4 Å². The van der Waals surface area contributed by atoms with E-state index in [1.54, 1.807) is 0 Å². The third-order valence-electron chi connectivity index (χ3n) is 4.52. The maximum atomic E-state index is 12.7. The first-order valence-corrected chi connectivity index (χ1v) is 8.23. The molecule has 0 heterocycles. The fourth-order valence-corrected chi connectivity index (χ4v) is 3.15. The number of anilines is 1. The lowest BCUT2D eigenvalue weighted by Gasteiger charge is -2.27. The summed E-state index contributed by atoms with van der Waals surface area (Å²) in [4.78, 5) is 47.7. The second-order valence-corrected chi connectivity index (χ2v) is 6.07. The zero-order chi connectivity index (χ0) is 19.3. The van der Waals surface area contributed by atoms with Crippen molar-refractivity contribution in [2.45, 2.75) is 25.7 Å². The highest BCUT2D eigenvalue weighted by Crippen LogP contribution is 2.32. The van der Waals surface area contributed by atoms with Gasteiger partial charge in [0.2, 0.25) is 5.91 Å². The molecular formula is C18H21NO7. The van der Waals surface area contributed by atoms with Gasteiger partial charge in [-0.3, -0.25) is 9.59 Å². The smallest absolute Gasteiger partial charge is 0.339 e. The van der Waals surface area contributed by atoms with Crippen molar-refractivity contribution in [3.8, 4) is 0 Å². The van der Waals surface area contributed by atoms with Crippen LogP contribution >= 0.6 is 0 Å². The average molecular weight is 363 g/mol. The minimum atomic E-state index is -1.01. The molecule has 1 aliphatic carbocycles. The van der Waals surface area contributed by atoms with Gasteiger partial charge in [-0.15, -0.1) is 0 Å².